The van der Waals surface area contributed by atoms with Gasteiger partial charge >= 0.3 is 83.0 Å². The molecule has 0 aliphatic carbocycles. The molecule has 1 radical (unpaired) electrons. The van der Waals surface area contributed by atoms with Gasteiger partial charge in [-0.3, -0.25) is 15.0 Å². The molecular formula is C25H25CuF12N5P2. The Morgan fingerprint density at radius 3 is 1.07 bits per heavy atom. The number of rotatable bonds is 8. The van der Waals surface area contributed by atoms with Crippen molar-refractivity contribution in [1.29, 1.82) is 0 Å². The maximum absolute atomic E-state index is 10.7. The van der Waals surface area contributed by atoms with E-state index >= 15 is 0 Å². The van der Waals surface area contributed by atoms with Gasteiger partial charge in [0, 0.05) is 25.6 Å². The fourth-order valence-corrected chi connectivity index (χ4v) is 3.47. The van der Waals surface area contributed by atoms with Crippen molar-refractivity contribution in [3.05, 3.63) is 115 Å². The van der Waals surface area contributed by atoms with E-state index < -0.39 is 15.6 Å². The van der Waals surface area contributed by atoms with Gasteiger partial charge in [-0.1, -0.05) is 30.3 Å². The molecule has 0 amide bonds. The minimum Gasteiger partial charge on any atom is 2.00 e. The summed E-state index contributed by atoms with van der Waals surface area (Å²) in [5.74, 6) is 0. The van der Waals surface area contributed by atoms with Crippen LogP contribution in [0.2, 0.25) is 0 Å². The standard InChI is InChI=1S/C25H25N5.Cu.2F6P/c1-29(18-21-10-4-7-15-26-21)24-13-2-3-14-25(24)30(19-22-11-5-8-16-27-22)20-23-12-6-9-17-28-23;;2*1-7(2,3,4,5)6/h2-17H,18-20H2,1H3;;;/q;+2;2*-1. The smallest absolute Gasteiger partial charge is 2.00 e. The second-order valence-corrected chi connectivity index (χ2v) is 12.9. The zero-order chi connectivity index (χ0) is 33.4. The van der Waals surface area contributed by atoms with Crippen LogP contribution in [0, 0.1) is 0 Å². The normalized spacial score (nSPS) is 14.2. The maximum atomic E-state index is 9.87. The number of hydrogen-bond donors (Lipinski definition) is 0. The summed E-state index contributed by atoms with van der Waals surface area (Å²) in [6.07, 6.45) is 5.52. The van der Waals surface area contributed by atoms with Gasteiger partial charge in [0.2, 0.25) is 0 Å². The Hall–Kier alpha value is -3.19. The molecule has 0 bridgehead atoms. The third kappa shape index (κ3) is 22.9. The van der Waals surface area contributed by atoms with Crippen molar-refractivity contribution in [3.63, 3.8) is 0 Å². The molecule has 4 rings (SSSR count). The summed E-state index contributed by atoms with van der Waals surface area (Å²) in [6.45, 7) is 2.14. The molecule has 255 valence electrons. The van der Waals surface area contributed by atoms with E-state index in [-0.39, 0.29) is 17.1 Å². The maximum Gasteiger partial charge on any atom is 2.00 e. The summed E-state index contributed by atoms with van der Waals surface area (Å²) in [5.41, 5.74) is 5.38. The largest absolute Gasteiger partial charge is 2.00 e. The van der Waals surface area contributed by atoms with Gasteiger partial charge in [0.25, 0.3) is 0 Å². The summed E-state index contributed by atoms with van der Waals surface area (Å²) < 4.78 is 118. The van der Waals surface area contributed by atoms with Gasteiger partial charge < -0.3 is 9.80 Å². The van der Waals surface area contributed by atoms with Gasteiger partial charge in [0.15, 0.2) is 0 Å². The van der Waals surface area contributed by atoms with Gasteiger partial charge in [0.05, 0.1) is 48.1 Å². The number of halogens is 12. The SMILES string of the molecule is CN(Cc1ccccn1)c1ccccc1N(Cc1ccccn1)Cc1ccccn1.F[P-](F)(F)(F)(F)F.F[P-](F)(F)(F)(F)F.[Cu+2]. The molecular weight excluding hydrogens is 724 g/mol. The van der Waals surface area contributed by atoms with Crippen molar-refractivity contribution in [2.45, 2.75) is 19.6 Å². The molecule has 0 aliphatic heterocycles. The summed E-state index contributed by atoms with van der Waals surface area (Å²) in [4.78, 5) is 18.1. The van der Waals surface area contributed by atoms with E-state index in [1.54, 1.807) is 0 Å². The van der Waals surface area contributed by atoms with E-state index in [9.17, 15) is 50.4 Å². The van der Waals surface area contributed by atoms with Crippen LogP contribution >= 0.6 is 15.6 Å². The van der Waals surface area contributed by atoms with E-state index in [0.717, 1.165) is 35.0 Å². The molecule has 0 fully saturated rings. The van der Waals surface area contributed by atoms with Crippen molar-refractivity contribution in [3.8, 4) is 0 Å². The Morgan fingerprint density at radius 2 is 0.756 bits per heavy atom. The van der Waals surface area contributed by atoms with Crippen molar-refractivity contribution >= 4 is 27.0 Å². The monoisotopic (exact) mass is 748 g/mol. The molecule has 0 saturated heterocycles. The minimum atomic E-state index is -10.7. The van der Waals surface area contributed by atoms with E-state index in [1.807, 2.05) is 55.0 Å². The average molecular weight is 749 g/mol. The topological polar surface area (TPSA) is 45.2 Å². The molecule has 0 unspecified atom stereocenters. The fourth-order valence-electron chi connectivity index (χ4n) is 3.47. The van der Waals surface area contributed by atoms with Crippen molar-refractivity contribution < 1.29 is 67.4 Å². The first-order chi connectivity index (χ1) is 19.7. The molecule has 3 heterocycles. The first kappa shape index (κ1) is 39.8. The van der Waals surface area contributed by atoms with Crippen molar-refractivity contribution in [2.24, 2.45) is 0 Å². The molecule has 0 spiro atoms. The van der Waals surface area contributed by atoms with Crippen LogP contribution in [0.25, 0.3) is 0 Å². The summed E-state index contributed by atoms with van der Waals surface area (Å²) in [7, 11) is -19.2. The van der Waals surface area contributed by atoms with Crippen LogP contribution in [0.5, 0.6) is 0 Å². The number of anilines is 2. The Kier molecular flexibility index (Phi) is 11.7. The van der Waals surface area contributed by atoms with E-state index in [2.05, 4.69) is 74.3 Å². The van der Waals surface area contributed by atoms with Crippen LogP contribution in [-0.4, -0.2) is 22.0 Å². The third-order valence-corrected chi connectivity index (χ3v) is 4.92. The Labute approximate surface area is 260 Å². The van der Waals surface area contributed by atoms with Crippen LogP contribution in [-0.2, 0) is 36.7 Å². The average Bonchev–Trinajstić information content (AvgIpc) is 2.86. The molecule has 5 nitrogen and oxygen atoms in total. The fraction of sp³-hybridized carbons (Fsp3) is 0.160. The molecule has 4 aromatic rings. The number of aromatic nitrogens is 3. The van der Waals surface area contributed by atoms with Crippen LogP contribution in [0.4, 0.5) is 61.7 Å². The first-order valence-corrected chi connectivity index (χ1v) is 16.1. The molecule has 0 aliphatic rings. The predicted molar refractivity (Wildman–Crippen MR) is 148 cm³/mol. The number of para-hydroxylation sites is 2. The van der Waals surface area contributed by atoms with Gasteiger partial charge in [-0.2, -0.15) is 0 Å². The van der Waals surface area contributed by atoms with Gasteiger partial charge in [-0.15, -0.1) is 0 Å². The molecule has 20 heteroatoms. The Morgan fingerprint density at radius 1 is 0.467 bits per heavy atom. The second kappa shape index (κ2) is 13.3. The zero-order valence-corrected chi connectivity index (χ0v) is 25.6. The number of pyridine rings is 3. The number of benzene rings is 1. The van der Waals surface area contributed by atoms with Gasteiger partial charge in [-0.05, 0) is 48.5 Å². The van der Waals surface area contributed by atoms with Crippen LogP contribution in [0.15, 0.2) is 97.5 Å². The quantitative estimate of drug-likeness (QED) is 0.102. The molecule has 1 aromatic carbocycles. The second-order valence-electron chi connectivity index (χ2n) is 9.08. The Bertz CT molecular complexity index is 1390. The van der Waals surface area contributed by atoms with Gasteiger partial charge in [0.1, 0.15) is 0 Å². The summed E-state index contributed by atoms with van der Waals surface area (Å²) in [5, 5.41) is 0. The number of nitrogens with zero attached hydrogens (tertiary/aromatic N) is 5. The first-order valence-electron chi connectivity index (χ1n) is 12.1. The van der Waals surface area contributed by atoms with E-state index in [1.165, 1.54) is 0 Å². The van der Waals surface area contributed by atoms with Crippen molar-refractivity contribution in [2.75, 3.05) is 16.8 Å². The molecule has 0 N–H and O–H groups in total. The Balaban J connectivity index is 0.000000566. The minimum absolute atomic E-state index is 0. The zero-order valence-electron chi connectivity index (χ0n) is 22.8. The van der Waals surface area contributed by atoms with E-state index in [0.29, 0.717) is 13.1 Å². The molecule has 45 heavy (non-hydrogen) atoms. The summed E-state index contributed by atoms with van der Waals surface area (Å²) >= 11 is 0. The number of hydrogen-bond acceptors (Lipinski definition) is 5. The van der Waals surface area contributed by atoms with Gasteiger partial charge in [-0.25, -0.2) is 0 Å². The van der Waals surface area contributed by atoms with Crippen molar-refractivity contribution in [1.82, 2.24) is 15.0 Å². The summed E-state index contributed by atoms with van der Waals surface area (Å²) in [6, 6.07) is 26.6. The molecule has 0 atom stereocenters. The molecule has 0 saturated carbocycles. The molecule has 3 aromatic heterocycles. The third-order valence-electron chi connectivity index (χ3n) is 4.92. The van der Waals surface area contributed by atoms with Crippen LogP contribution < -0.4 is 9.80 Å². The predicted octanol–water partition coefficient (Wildman–Crippen LogP) is 11.5. The van der Waals surface area contributed by atoms with Crippen LogP contribution in [0.1, 0.15) is 17.1 Å². The van der Waals surface area contributed by atoms with Crippen LogP contribution in [0.3, 0.4) is 0 Å². The van der Waals surface area contributed by atoms with E-state index in [4.69, 9.17) is 0 Å².